The van der Waals surface area contributed by atoms with Gasteiger partial charge in [0.2, 0.25) is 10.3 Å². The molecule has 0 saturated carbocycles. The minimum absolute atomic E-state index is 0.123. The van der Waals surface area contributed by atoms with Gasteiger partial charge in [-0.2, -0.15) is 19.6 Å². The van der Waals surface area contributed by atoms with Crippen LogP contribution in [0.1, 0.15) is 11.1 Å². The summed E-state index contributed by atoms with van der Waals surface area (Å²) >= 11 is 2.95. The molecule has 12 nitrogen and oxygen atoms in total. The van der Waals surface area contributed by atoms with Crippen molar-refractivity contribution in [2.45, 2.75) is 10.3 Å². The van der Waals surface area contributed by atoms with Crippen LogP contribution in [0.25, 0.3) is 22.8 Å². The van der Waals surface area contributed by atoms with Gasteiger partial charge in [0, 0.05) is 58.5 Å². The van der Waals surface area contributed by atoms with E-state index in [1.165, 1.54) is 23.5 Å². The molecule has 0 bridgehead atoms. The van der Waals surface area contributed by atoms with Crippen molar-refractivity contribution in [3.8, 4) is 34.3 Å². The van der Waals surface area contributed by atoms with Crippen molar-refractivity contribution in [1.29, 1.82) is 0 Å². The Bertz CT molecular complexity index is 1770. The molecule has 6 aromatic rings. The second kappa shape index (κ2) is 13.8. The molecule has 4 aromatic heterocycles. The lowest BCUT2D eigenvalue weighted by Crippen LogP contribution is -2.00. The SMILES string of the molecule is Oc1ccccc1/C=N/n1c(SCCSc2nnc(-c3cccnc3)n2/N=C/c2ccccc2O)nnc1-c1cccnc1. The lowest BCUT2D eigenvalue weighted by Gasteiger charge is -2.06. The van der Waals surface area contributed by atoms with Crippen molar-refractivity contribution in [3.05, 3.63) is 109 Å². The monoisotopic (exact) mass is 620 g/mol. The molecule has 0 atom stereocenters. The average molecular weight is 621 g/mol. The minimum atomic E-state index is 0.123. The molecule has 2 aromatic carbocycles. The van der Waals surface area contributed by atoms with E-state index >= 15 is 0 Å². The molecule has 0 aliphatic heterocycles. The maximum atomic E-state index is 10.2. The van der Waals surface area contributed by atoms with Gasteiger partial charge in [-0.05, 0) is 48.5 Å². The number of hydrogen-bond donors (Lipinski definition) is 2. The summed E-state index contributed by atoms with van der Waals surface area (Å²) in [6, 6.07) is 21.3. The zero-order valence-electron chi connectivity index (χ0n) is 23.0. The van der Waals surface area contributed by atoms with E-state index in [1.807, 2.05) is 36.4 Å². The van der Waals surface area contributed by atoms with Crippen molar-refractivity contribution in [2.24, 2.45) is 10.2 Å². The van der Waals surface area contributed by atoms with Crippen LogP contribution in [0.4, 0.5) is 0 Å². The predicted molar refractivity (Wildman–Crippen MR) is 170 cm³/mol. The highest BCUT2D eigenvalue weighted by atomic mass is 32.2. The smallest absolute Gasteiger partial charge is 0.212 e. The number of hydrogen-bond acceptors (Lipinski definition) is 12. The third-order valence-corrected chi connectivity index (χ3v) is 8.21. The van der Waals surface area contributed by atoms with E-state index in [9.17, 15) is 10.2 Å². The number of benzene rings is 2. The molecule has 6 rings (SSSR count). The van der Waals surface area contributed by atoms with Crippen molar-refractivity contribution in [3.63, 3.8) is 0 Å². The zero-order valence-corrected chi connectivity index (χ0v) is 24.6. The van der Waals surface area contributed by atoms with Gasteiger partial charge < -0.3 is 10.2 Å². The summed E-state index contributed by atoms with van der Waals surface area (Å²) in [6.45, 7) is 0. The van der Waals surface area contributed by atoms with Crippen molar-refractivity contribution >= 4 is 36.0 Å². The summed E-state index contributed by atoms with van der Waals surface area (Å²) in [6.07, 6.45) is 9.91. The van der Waals surface area contributed by atoms with Crippen molar-refractivity contribution in [1.82, 2.24) is 39.7 Å². The Labute approximate surface area is 260 Å². The first-order chi connectivity index (χ1) is 21.7. The Morgan fingerprint density at radius 3 is 1.45 bits per heavy atom. The molecule has 0 radical (unpaired) electrons. The van der Waals surface area contributed by atoms with Crippen LogP contribution in [-0.2, 0) is 0 Å². The van der Waals surface area contributed by atoms with Crippen LogP contribution in [0.2, 0.25) is 0 Å². The van der Waals surface area contributed by atoms with Gasteiger partial charge in [-0.1, -0.05) is 47.8 Å². The highest BCUT2D eigenvalue weighted by Gasteiger charge is 2.17. The van der Waals surface area contributed by atoms with Crippen molar-refractivity contribution < 1.29 is 10.2 Å². The fourth-order valence-electron chi connectivity index (χ4n) is 3.97. The maximum absolute atomic E-state index is 10.2. The number of aromatic nitrogens is 8. The van der Waals surface area contributed by atoms with E-state index in [2.05, 4.69) is 40.6 Å². The molecule has 218 valence electrons. The van der Waals surface area contributed by atoms with Crippen molar-refractivity contribution in [2.75, 3.05) is 11.5 Å². The number of rotatable bonds is 11. The summed E-state index contributed by atoms with van der Waals surface area (Å²) in [4.78, 5) is 8.39. The highest BCUT2D eigenvalue weighted by molar-refractivity contribution is 8.02. The molecular formula is C30H24N10O2S2. The number of pyridine rings is 2. The first-order valence-electron chi connectivity index (χ1n) is 13.3. The molecule has 2 N–H and O–H groups in total. The Hall–Kier alpha value is -5.34. The molecule has 4 heterocycles. The largest absolute Gasteiger partial charge is 0.507 e. The van der Waals surface area contributed by atoms with E-state index in [0.717, 1.165) is 11.1 Å². The molecule has 0 amide bonds. The standard InChI is InChI=1S/C30H24N10O2S2/c41-25-11-3-1-7-21(25)19-33-39-27(23-9-5-13-31-17-23)35-37-29(39)43-15-16-44-30-38-36-28(24-10-6-14-32-18-24)40(30)34-20-22-8-2-4-12-26(22)42/h1-14,17-20,41-42H,15-16H2/b33-19+,34-20+. The number of phenolic OH excluding ortho intramolecular Hbond substituents is 2. The van der Waals surface area contributed by atoms with Crippen LogP contribution in [0, 0.1) is 0 Å². The second-order valence-corrected chi connectivity index (χ2v) is 11.1. The van der Waals surface area contributed by atoms with E-state index in [4.69, 9.17) is 0 Å². The van der Waals surface area contributed by atoms with E-state index in [-0.39, 0.29) is 11.5 Å². The summed E-state index contributed by atoms with van der Waals surface area (Å²) in [5.74, 6) is 2.58. The molecule has 0 saturated heterocycles. The molecule has 0 spiro atoms. The quantitative estimate of drug-likeness (QED) is 0.114. The Morgan fingerprint density at radius 2 is 1.05 bits per heavy atom. The van der Waals surface area contributed by atoms with E-state index < -0.39 is 0 Å². The Morgan fingerprint density at radius 1 is 0.591 bits per heavy atom. The fourth-order valence-corrected chi connectivity index (χ4v) is 5.71. The maximum Gasteiger partial charge on any atom is 0.212 e. The summed E-state index contributed by atoms with van der Waals surface area (Å²) < 4.78 is 3.27. The van der Waals surface area contributed by atoms with Gasteiger partial charge in [0.15, 0.2) is 11.6 Å². The number of thioether (sulfide) groups is 2. The first kappa shape index (κ1) is 28.8. The zero-order chi connectivity index (χ0) is 30.1. The summed E-state index contributed by atoms with van der Waals surface area (Å²) in [5, 5.41) is 48.2. The van der Waals surface area contributed by atoms with Crippen LogP contribution in [0.3, 0.4) is 0 Å². The molecule has 0 aliphatic carbocycles. The fraction of sp³-hybridized carbons (Fsp3) is 0.0667. The number of aromatic hydroxyl groups is 2. The van der Waals surface area contributed by atoms with Gasteiger partial charge in [-0.15, -0.1) is 20.4 Å². The van der Waals surface area contributed by atoms with Gasteiger partial charge >= 0.3 is 0 Å². The Kier molecular flexibility index (Phi) is 8.99. The van der Waals surface area contributed by atoms with Crippen LogP contribution in [0.5, 0.6) is 11.5 Å². The Balaban J connectivity index is 1.21. The number of para-hydroxylation sites is 2. The molecule has 14 heteroatoms. The van der Waals surface area contributed by atoms with Gasteiger partial charge in [-0.3, -0.25) is 9.97 Å². The molecular weight excluding hydrogens is 597 g/mol. The number of phenols is 2. The van der Waals surface area contributed by atoms with Crippen LogP contribution in [0.15, 0.2) is 118 Å². The van der Waals surface area contributed by atoms with Gasteiger partial charge in [0.25, 0.3) is 0 Å². The average Bonchev–Trinajstić information content (AvgIpc) is 3.67. The van der Waals surface area contributed by atoms with Crippen LogP contribution >= 0.6 is 23.5 Å². The third kappa shape index (κ3) is 6.66. The molecule has 0 fully saturated rings. The predicted octanol–water partition coefficient (Wildman–Crippen LogP) is 5.05. The molecule has 0 aliphatic rings. The minimum Gasteiger partial charge on any atom is -0.507 e. The lowest BCUT2D eigenvalue weighted by atomic mass is 10.2. The van der Waals surface area contributed by atoms with Crippen LogP contribution in [-0.4, -0.2) is 73.9 Å². The van der Waals surface area contributed by atoms with E-state index in [0.29, 0.717) is 44.6 Å². The van der Waals surface area contributed by atoms with Gasteiger partial charge in [0.05, 0.1) is 12.4 Å². The number of nitrogens with zero attached hydrogens (tertiary/aromatic N) is 10. The third-order valence-electron chi connectivity index (χ3n) is 6.11. The van der Waals surface area contributed by atoms with Crippen LogP contribution < -0.4 is 0 Å². The van der Waals surface area contributed by atoms with Gasteiger partial charge in [-0.25, -0.2) is 0 Å². The highest BCUT2D eigenvalue weighted by Crippen LogP contribution is 2.28. The molecule has 44 heavy (non-hydrogen) atoms. The lowest BCUT2D eigenvalue weighted by molar-refractivity contribution is 0.474. The van der Waals surface area contributed by atoms with E-state index in [1.54, 1.807) is 83.0 Å². The topological polar surface area (TPSA) is 152 Å². The summed E-state index contributed by atoms with van der Waals surface area (Å²) in [5.41, 5.74) is 2.65. The first-order valence-corrected chi connectivity index (χ1v) is 15.3. The van der Waals surface area contributed by atoms with Gasteiger partial charge in [0.1, 0.15) is 11.5 Å². The normalized spacial score (nSPS) is 11.5. The molecule has 0 unspecified atom stereocenters. The second-order valence-electron chi connectivity index (χ2n) is 9.02. The summed E-state index contributed by atoms with van der Waals surface area (Å²) in [7, 11) is 0.